The summed E-state index contributed by atoms with van der Waals surface area (Å²) in [7, 11) is 0. The second-order valence-corrected chi connectivity index (χ2v) is 1.81. The quantitative estimate of drug-likeness (QED) is 0.496. The number of rotatable bonds is 3. The molecule has 0 spiro atoms. The van der Waals surface area contributed by atoms with Crippen molar-refractivity contribution >= 4 is 12.7 Å². The van der Waals surface area contributed by atoms with Crippen LogP contribution in [0.2, 0.25) is 0 Å². The molecule has 1 amide bonds. The van der Waals surface area contributed by atoms with Gasteiger partial charge in [-0.3, -0.25) is 9.79 Å². The Hall–Kier alpha value is -1.06. The summed E-state index contributed by atoms with van der Waals surface area (Å²) in [6, 6.07) is 0. The summed E-state index contributed by atoms with van der Waals surface area (Å²) in [5.74, 6) is 0. The number of hydrogen-bond acceptors (Lipinski definition) is 3. The lowest BCUT2D eigenvalue weighted by atomic mass is 10.6. The van der Waals surface area contributed by atoms with Crippen molar-refractivity contribution in [3.63, 3.8) is 0 Å². The van der Waals surface area contributed by atoms with Crippen molar-refractivity contribution < 1.29 is 4.79 Å². The van der Waals surface area contributed by atoms with E-state index >= 15 is 0 Å². The fraction of sp³-hybridized carbons (Fsp3) is 0.600. The van der Waals surface area contributed by atoms with Gasteiger partial charge in [-0.1, -0.05) is 0 Å². The van der Waals surface area contributed by atoms with Crippen LogP contribution in [0.15, 0.2) is 4.99 Å². The van der Waals surface area contributed by atoms with Crippen molar-refractivity contribution in [3.05, 3.63) is 0 Å². The second-order valence-electron chi connectivity index (χ2n) is 1.81. The Labute approximate surface area is 53.6 Å². The fourth-order valence-electron chi connectivity index (χ4n) is 0.692. The minimum atomic E-state index is 0.576. The summed E-state index contributed by atoms with van der Waals surface area (Å²) in [6.45, 7) is 2.34. The first-order valence-electron chi connectivity index (χ1n) is 2.84. The molecule has 0 atom stereocenters. The zero-order valence-electron chi connectivity index (χ0n) is 5.08. The van der Waals surface area contributed by atoms with E-state index < -0.39 is 0 Å². The molecule has 9 heavy (non-hydrogen) atoms. The number of hydrogen-bond donors (Lipinski definition) is 1. The molecule has 4 nitrogen and oxygen atoms in total. The molecule has 0 bridgehead atoms. The van der Waals surface area contributed by atoms with Crippen LogP contribution in [0.25, 0.3) is 0 Å². The molecule has 0 fully saturated rings. The third-order valence-electron chi connectivity index (χ3n) is 1.14. The van der Waals surface area contributed by atoms with E-state index in [1.54, 1.807) is 6.34 Å². The van der Waals surface area contributed by atoms with Crippen LogP contribution in [0, 0.1) is 0 Å². The number of carbonyl (C=O) groups is 1. The summed E-state index contributed by atoms with van der Waals surface area (Å²) in [6.07, 6.45) is 2.43. The SMILES string of the molecule is O=CNCN1C=NCC1. The number of nitrogens with one attached hydrogen (secondary N) is 1. The molecule has 0 aromatic carbocycles. The van der Waals surface area contributed by atoms with Crippen LogP contribution in [-0.2, 0) is 4.79 Å². The Balaban J connectivity index is 2.12. The molecule has 1 aliphatic rings. The average Bonchev–Trinajstić information content (AvgIpc) is 2.34. The van der Waals surface area contributed by atoms with E-state index in [2.05, 4.69) is 10.3 Å². The van der Waals surface area contributed by atoms with Crippen LogP contribution >= 0.6 is 0 Å². The van der Waals surface area contributed by atoms with Gasteiger partial charge in [-0.2, -0.15) is 0 Å². The molecule has 1 aliphatic heterocycles. The summed E-state index contributed by atoms with van der Waals surface area (Å²) >= 11 is 0. The predicted molar refractivity (Wildman–Crippen MR) is 34.1 cm³/mol. The third-order valence-corrected chi connectivity index (χ3v) is 1.14. The molecule has 4 heteroatoms. The van der Waals surface area contributed by atoms with E-state index in [9.17, 15) is 4.79 Å². The van der Waals surface area contributed by atoms with Crippen LogP contribution in [0.1, 0.15) is 0 Å². The van der Waals surface area contributed by atoms with Gasteiger partial charge in [-0.05, 0) is 0 Å². The summed E-state index contributed by atoms with van der Waals surface area (Å²) in [5.41, 5.74) is 0. The van der Waals surface area contributed by atoms with E-state index in [0.29, 0.717) is 13.1 Å². The zero-order chi connectivity index (χ0) is 6.53. The van der Waals surface area contributed by atoms with Crippen LogP contribution < -0.4 is 5.32 Å². The minimum Gasteiger partial charge on any atom is -0.343 e. The number of amides is 1. The Kier molecular flexibility index (Phi) is 2.06. The van der Waals surface area contributed by atoms with E-state index in [1.807, 2.05) is 4.90 Å². The molecule has 1 heterocycles. The van der Waals surface area contributed by atoms with Gasteiger partial charge in [-0.25, -0.2) is 0 Å². The molecule has 0 aliphatic carbocycles. The van der Waals surface area contributed by atoms with Gasteiger partial charge >= 0.3 is 0 Å². The van der Waals surface area contributed by atoms with Crippen molar-refractivity contribution in [1.29, 1.82) is 0 Å². The van der Waals surface area contributed by atoms with Crippen molar-refractivity contribution in [3.8, 4) is 0 Å². The molecule has 0 radical (unpaired) electrons. The summed E-state index contributed by atoms with van der Waals surface area (Å²) in [4.78, 5) is 15.7. The Morgan fingerprint density at radius 3 is 3.33 bits per heavy atom. The van der Waals surface area contributed by atoms with Crippen molar-refractivity contribution in [2.24, 2.45) is 4.99 Å². The van der Waals surface area contributed by atoms with Gasteiger partial charge in [0, 0.05) is 6.54 Å². The molecule has 0 unspecified atom stereocenters. The van der Waals surface area contributed by atoms with E-state index in [-0.39, 0.29) is 0 Å². The van der Waals surface area contributed by atoms with Crippen molar-refractivity contribution in [2.75, 3.05) is 19.8 Å². The van der Waals surface area contributed by atoms with Crippen LogP contribution in [-0.4, -0.2) is 37.4 Å². The minimum absolute atomic E-state index is 0.576. The average molecular weight is 127 g/mol. The highest BCUT2D eigenvalue weighted by Gasteiger charge is 2.01. The molecule has 50 valence electrons. The predicted octanol–water partition coefficient (Wildman–Crippen LogP) is -0.966. The lowest BCUT2D eigenvalue weighted by molar-refractivity contribution is -0.109. The molecule has 1 rings (SSSR count). The van der Waals surface area contributed by atoms with Gasteiger partial charge in [-0.15, -0.1) is 0 Å². The summed E-state index contributed by atoms with van der Waals surface area (Å²) < 4.78 is 0. The van der Waals surface area contributed by atoms with Crippen LogP contribution in [0.5, 0.6) is 0 Å². The maximum Gasteiger partial charge on any atom is 0.208 e. The highest BCUT2D eigenvalue weighted by Crippen LogP contribution is 1.88. The fourth-order valence-corrected chi connectivity index (χ4v) is 0.692. The second kappa shape index (κ2) is 3.06. The maximum atomic E-state index is 9.78. The Bertz CT molecular complexity index is 123. The number of nitrogens with zero attached hydrogens (tertiary/aromatic N) is 2. The van der Waals surface area contributed by atoms with E-state index in [1.165, 1.54) is 0 Å². The van der Waals surface area contributed by atoms with Crippen molar-refractivity contribution in [2.45, 2.75) is 0 Å². The largest absolute Gasteiger partial charge is 0.343 e. The van der Waals surface area contributed by atoms with Gasteiger partial charge in [0.1, 0.15) is 0 Å². The van der Waals surface area contributed by atoms with Gasteiger partial charge in [0.25, 0.3) is 0 Å². The monoisotopic (exact) mass is 127 g/mol. The van der Waals surface area contributed by atoms with Gasteiger partial charge in [0.15, 0.2) is 0 Å². The zero-order valence-corrected chi connectivity index (χ0v) is 5.08. The smallest absolute Gasteiger partial charge is 0.208 e. The lowest BCUT2D eigenvalue weighted by Gasteiger charge is -2.10. The highest BCUT2D eigenvalue weighted by atomic mass is 16.1. The molecular formula is C5H9N3O. The molecule has 0 saturated heterocycles. The first kappa shape index (κ1) is 6.07. The topological polar surface area (TPSA) is 44.7 Å². The van der Waals surface area contributed by atoms with Gasteiger partial charge < -0.3 is 10.2 Å². The number of carbonyl (C=O) groups excluding carboxylic acids is 1. The Morgan fingerprint density at radius 2 is 2.78 bits per heavy atom. The Morgan fingerprint density at radius 1 is 1.89 bits per heavy atom. The number of aliphatic imine (C=N–C) groups is 1. The first-order valence-corrected chi connectivity index (χ1v) is 2.84. The van der Waals surface area contributed by atoms with Crippen molar-refractivity contribution in [1.82, 2.24) is 10.2 Å². The molecule has 0 aromatic rings. The molecule has 1 N–H and O–H groups in total. The molecule has 0 aromatic heterocycles. The van der Waals surface area contributed by atoms with E-state index in [0.717, 1.165) is 13.1 Å². The molecular weight excluding hydrogens is 118 g/mol. The highest BCUT2D eigenvalue weighted by molar-refractivity contribution is 5.57. The lowest BCUT2D eigenvalue weighted by Crippen LogP contribution is -2.30. The van der Waals surface area contributed by atoms with Gasteiger partial charge in [0.2, 0.25) is 6.41 Å². The maximum absolute atomic E-state index is 9.78. The first-order chi connectivity index (χ1) is 4.43. The van der Waals surface area contributed by atoms with E-state index in [4.69, 9.17) is 0 Å². The van der Waals surface area contributed by atoms with Crippen LogP contribution in [0.3, 0.4) is 0 Å². The van der Waals surface area contributed by atoms with Crippen LogP contribution in [0.4, 0.5) is 0 Å². The standard InChI is InChI=1S/C5H9N3O/c9-5-7-4-8-2-1-6-3-8/h3,5H,1-2,4H2,(H,7,9). The molecule has 0 saturated carbocycles. The summed E-state index contributed by atoms with van der Waals surface area (Å²) in [5, 5.41) is 2.54. The van der Waals surface area contributed by atoms with Gasteiger partial charge in [0.05, 0.1) is 19.6 Å². The third kappa shape index (κ3) is 1.71. The normalized spacial score (nSPS) is 16.2.